The summed E-state index contributed by atoms with van der Waals surface area (Å²) in [6.45, 7) is 2.28. The lowest BCUT2D eigenvalue weighted by Crippen LogP contribution is -2.34. The van der Waals surface area contributed by atoms with Gasteiger partial charge in [0.25, 0.3) is 0 Å². The lowest BCUT2D eigenvalue weighted by molar-refractivity contribution is 0.322. The highest BCUT2D eigenvalue weighted by atomic mass is 14.9. The SMILES string of the molecule is CC(NC1CCC(c2ccccc2)CC1)c1ccccc1. The minimum Gasteiger partial charge on any atom is -0.307 e. The second-order valence-corrected chi connectivity index (χ2v) is 6.26. The fraction of sp³-hybridized carbons (Fsp3) is 0.400. The van der Waals surface area contributed by atoms with Crippen LogP contribution in [0.1, 0.15) is 55.7 Å². The Labute approximate surface area is 128 Å². The van der Waals surface area contributed by atoms with E-state index >= 15 is 0 Å². The van der Waals surface area contributed by atoms with Crippen LogP contribution in [0.4, 0.5) is 0 Å². The molecule has 1 saturated carbocycles. The maximum absolute atomic E-state index is 3.81. The van der Waals surface area contributed by atoms with Crippen LogP contribution in [0.5, 0.6) is 0 Å². The van der Waals surface area contributed by atoms with Gasteiger partial charge in [-0.05, 0) is 49.7 Å². The third-order valence-corrected chi connectivity index (χ3v) is 4.78. The Morgan fingerprint density at radius 3 is 2.00 bits per heavy atom. The molecule has 0 saturated heterocycles. The molecule has 1 aliphatic rings. The second kappa shape index (κ2) is 6.91. The van der Waals surface area contributed by atoms with E-state index in [0.29, 0.717) is 12.1 Å². The standard InChI is InChI=1S/C20H25N/c1-16(17-8-4-2-5-9-17)21-20-14-12-19(13-15-20)18-10-6-3-7-11-18/h2-11,16,19-21H,12-15H2,1H3. The van der Waals surface area contributed by atoms with Crippen LogP contribution in [0.2, 0.25) is 0 Å². The highest BCUT2D eigenvalue weighted by Gasteiger charge is 2.23. The van der Waals surface area contributed by atoms with Gasteiger partial charge < -0.3 is 5.32 Å². The van der Waals surface area contributed by atoms with Gasteiger partial charge in [0.2, 0.25) is 0 Å². The van der Waals surface area contributed by atoms with Crippen LogP contribution in [0.25, 0.3) is 0 Å². The van der Waals surface area contributed by atoms with Crippen molar-refractivity contribution in [3.05, 3.63) is 71.8 Å². The number of hydrogen-bond donors (Lipinski definition) is 1. The van der Waals surface area contributed by atoms with Crippen LogP contribution in [0.3, 0.4) is 0 Å². The van der Waals surface area contributed by atoms with Crippen molar-refractivity contribution < 1.29 is 0 Å². The molecule has 0 radical (unpaired) electrons. The van der Waals surface area contributed by atoms with Gasteiger partial charge in [0.15, 0.2) is 0 Å². The first-order valence-electron chi connectivity index (χ1n) is 8.19. The molecule has 0 heterocycles. The normalized spacial score (nSPS) is 23.7. The summed E-state index contributed by atoms with van der Waals surface area (Å²) in [6, 6.07) is 22.9. The molecular weight excluding hydrogens is 254 g/mol. The summed E-state index contributed by atoms with van der Waals surface area (Å²) in [4.78, 5) is 0. The summed E-state index contributed by atoms with van der Waals surface area (Å²) < 4.78 is 0. The van der Waals surface area contributed by atoms with Crippen molar-refractivity contribution in [1.82, 2.24) is 5.32 Å². The summed E-state index contributed by atoms with van der Waals surface area (Å²) in [5.74, 6) is 0.760. The first-order valence-corrected chi connectivity index (χ1v) is 8.19. The van der Waals surface area contributed by atoms with E-state index in [1.807, 2.05) is 0 Å². The van der Waals surface area contributed by atoms with Crippen molar-refractivity contribution in [3.8, 4) is 0 Å². The monoisotopic (exact) mass is 279 g/mol. The Morgan fingerprint density at radius 1 is 0.810 bits per heavy atom. The van der Waals surface area contributed by atoms with Crippen LogP contribution in [-0.4, -0.2) is 6.04 Å². The third-order valence-electron chi connectivity index (χ3n) is 4.78. The van der Waals surface area contributed by atoms with Crippen molar-refractivity contribution >= 4 is 0 Å². The molecule has 1 unspecified atom stereocenters. The summed E-state index contributed by atoms with van der Waals surface area (Å²) in [6.07, 6.45) is 5.19. The van der Waals surface area contributed by atoms with E-state index in [1.54, 1.807) is 0 Å². The van der Waals surface area contributed by atoms with Gasteiger partial charge >= 0.3 is 0 Å². The van der Waals surface area contributed by atoms with E-state index < -0.39 is 0 Å². The first kappa shape index (κ1) is 14.3. The Bertz CT molecular complexity index is 526. The van der Waals surface area contributed by atoms with Crippen molar-refractivity contribution in [3.63, 3.8) is 0 Å². The maximum Gasteiger partial charge on any atom is 0.0294 e. The smallest absolute Gasteiger partial charge is 0.0294 e. The third kappa shape index (κ3) is 3.74. The lowest BCUT2D eigenvalue weighted by atomic mass is 9.81. The topological polar surface area (TPSA) is 12.0 Å². The Hall–Kier alpha value is -1.60. The van der Waals surface area contributed by atoms with Crippen LogP contribution in [0.15, 0.2) is 60.7 Å². The minimum absolute atomic E-state index is 0.449. The predicted molar refractivity (Wildman–Crippen MR) is 89.4 cm³/mol. The van der Waals surface area contributed by atoms with Gasteiger partial charge in [-0.3, -0.25) is 0 Å². The quantitative estimate of drug-likeness (QED) is 0.824. The number of nitrogens with one attached hydrogen (secondary N) is 1. The summed E-state index contributed by atoms with van der Waals surface area (Å²) in [5, 5.41) is 3.81. The zero-order valence-electron chi connectivity index (χ0n) is 12.8. The number of benzene rings is 2. The number of hydrogen-bond acceptors (Lipinski definition) is 1. The fourth-order valence-electron chi connectivity index (χ4n) is 3.51. The van der Waals surface area contributed by atoms with Crippen molar-refractivity contribution in [2.24, 2.45) is 0 Å². The maximum atomic E-state index is 3.81. The molecular formula is C20H25N. The lowest BCUT2D eigenvalue weighted by Gasteiger charge is -2.31. The summed E-state index contributed by atoms with van der Waals surface area (Å²) in [7, 11) is 0. The van der Waals surface area contributed by atoms with E-state index in [-0.39, 0.29) is 0 Å². The van der Waals surface area contributed by atoms with E-state index in [4.69, 9.17) is 0 Å². The highest BCUT2D eigenvalue weighted by Crippen LogP contribution is 2.33. The molecule has 0 bridgehead atoms. The van der Waals surface area contributed by atoms with Crippen LogP contribution >= 0.6 is 0 Å². The molecule has 1 atom stereocenters. The molecule has 1 N–H and O–H groups in total. The molecule has 21 heavy (non-hydrogen) atoms. The average Bonchev–Trinajstić information content (AvgIpc) is 2.57. The van der Waals surface area contributed by atoms with Crippen LogP contribution in [0, 0.1) is 0 Å². The summed E-state index contributed by atoms with van der Waals surface area (Å²) >= 11 is 0. The van der Waals surface area contributed by atoms with E-state index in [1.165, 1.54) is 36.8 Å². The Morgan fingerprint density at radius 2 is 1.38 bits per heavy atom. The average molecular weight is 279 g/mol. The van der Waals surface area contributed by atoms with Gasteiger partial charge in [0.1, 0.15) is 0 Å². The first-order chi connectivity index (χ1) is 10.3. The molecule has 1 aliphatic carbocycles. The molecule has 1 heteroatoms. The fourth-order valence-corrected chi connectivity index (χ4v) is 3.51. The molecule has 1 nitrogen and oxygen atoms in total. The van der Waals surface area contributed by atoms with Gasteiger partial charge in [-0.2, -0.15) is 0 Å². The van der Waals surface area contributed by atoms with E-state index in [9.17, 15) is 0 Å². The van der Waals surface area contributed by atoms with Gasteiger partial charge in [0, 0.05) is 12.1 Å². The van der Waals surface area contributed by atoms with Crippen LogP contribution in [-0.2, 0) is 0 Å². The molecule has 0 aliphatic heterocycles. The van der Waals surface area contributed by atoms with Gasteiger partial charge in [-0.25, -0.2) is 0 Å². The Kier molecular flexibility index (Phi) is 4.72. The zero-order valence-corrected chi connectivity index (χ0v) is 12.8. The molecule has 0 spiro atoms. The van der Waals surface area contributed by atoms with Crippen LogP contribution < -0.4 is 5.32 Å². The molecule has 0 amide bonds. The summed E-state index contributed by atoms with van der Waals surface area (Å²) in [5.41, 5.74) is 2.91. The molecule has 2 aromatic carbocycles. The van der Waals surface area contributed by atoms with Crippen molar-refractivity contribution in [2.45, 2.75) is 50.6 Å². The largest absolute Gasteiger partial charge is 0.307 e. The predicted octanol–water partition coefficient (Wildman–Crippen LogP) is 5.06. The molecule has 0 aromatic heterocycles. The molecule has 3 rings (SSSR count). The van der Waals surface area contributed by atoms with Gasteiger partial charge in [-0.15, -0.1) is 0 Å². The van der Waals surface area contributed by atoms with Gasteiger partial charge in [0.05, 0.1) is 0 Å². The zero-order chi connectivity index (χ0) is 14.5. The van der Waals surface area contributed by atoms with Gasteiger partial charge in [-0.1, -0.05) is 60.7 Å². The molecule has 1 fully saturated rings. The highest BCUT2D eigenvalue weighted by molar-refractivity contribution is 5.21. The Balaban J connectivity index is 1.52. The van der Waals surface area contributed by atoms with E-state index in [2.05, 4.69) is 72.9 Å². The minimum atomic E-state index is 0.449. The van der Waals surface area contributed by atoms with E-state index in [0.717, 1.165) is 5.92 Å². The molecule has 2 aromatic rings. The number of rotatable bonds is 4. The van der Waals surface area contributed by atoms with Crippen molar-refractivity contribution in [1.29, 1.82) is 0 Å². The molecule has 110 valence electrons. The van der Waals surface area contributed by atoms with Crippen molar-refractivity contribution in [2.75, 3.05) is 0 Å². The second-order valence-electron chi connectivity index (χ2n) is 6.26.